The van der Waals surface area contributed by atoms with Gasteiger partial charge in [0.05, 0.1) is 19.8 Å². The van der Waals surface area contributed by atoms with E-state index in [9.17, 15) is 4.79 Å². The molecule has 2 saturated heterocycles. The number of amides is 1. The van der Waals surface area contributed by atoms with Gasteiger partial charge in [-0.3, -0.25) is 4.79 Å². The van der Waals surface area contributed by atoms with E-state index in [4.69, 9.17) is 14.2 Å². The van der Waals surface area contributed by atoms with Crippen LogP contribution in [0.2, 0.25) is 0 Å². The summed E-state index contributed by atoms with van der Waals surface area (Å²) in [6.45, 7) is 7.28. The summed E-state index contributed by atoms with van der Waals surface area (Å²) in [4.78, 5) is 17.1. The van der Waals surface area contributed by atoms with Crippen molar-refractivity contribution in [3.63, 3.8) is 0 Å². The molecule has 160 valence electrons. The summed E-state index contributed by atoms with van der Waals surface area (Å²) in [5.74, 6) is 1.65. The Bertz CT molecular complexity index is 825. The number of nitrogens with zero attached hydrogens (tertiary/aromatic N) is 2. The summed E-state index contributed by atoms with van der Waals surface area (Å²) in [6.07, 6.45) is 1.73. The van der Waals surface area contributed by atoms with Crippen molar-refractivity contribution in [2.45, 2.75) is 25.9 Å². The first-order valence-electron chi connectivity index (χ1n) is 10.8. The van der Waals surface area contributed by atoms with Gasteiger partial charge >= 0.3 is 0 Å². The topological polar surface area (TPSA) is 51.2 Å². The third kappa shape index (κ3) is 4.87. The Morgan fingerprint density at radius 2 is 1.63 bits per heavy atom. The number of morpholine rings is 1. The molecule has 6 heteroatoms. The van der Waals surface area contributed by atoms with Crippen molar-refractivity contribution in [1.82, 2.24) is 4.90 Å². The second-order valence-corrected chi connectivity index (χ2v) is 7.64. The lowest BCUT2D eigenvalue weighted by molar-refractivity contribution is 0.0589. The van der Waals surface area contributed by atoms with E-state index in [1.165, 1.54) is 0 Å². The lowest BCUT2D eigenvalue weighted by atomic mass is 10.1. The minimum atomic E-state index is 0.0942. The van der Waals surface area contributed by atoms with Crippen LogP contribution in [0.4, 0.5) is 5.69 Å². The maximum atomic E-state index is 12.9. The number of hydrogen-bond acceptors (Lipinski definition) is 5. The van der Waals surface area contributed by atoms with Gasteiger partial charge < -0.3 is 24.0 Å². The van der Waals surface area contributed by atoms with E-state index in [0.29, 0.717) is 19.7 Å². The maximum absolute atomic E-state index is 12.9. The summed E-state index contributed by atoms with van der Waals surface area (Å²) in [6, 6.07) is 15.7. The van der Waals surface area contributed by atoms with Gasteiger partial charge in [-0.1, -0.05) is 12.1 Å². The minimum absolute atomic E-state index is 0.0942. The molecule has 0 spiro atoms. The van der Waals surface area contributed by atoms with Crippen LogP contribution in [0.5, 0.6) is 11.5 Å². The molecular weight excluding hydrogens is 380 g/mol. The average Bonchev–Trinajstić information content (AvgIpc) is 2.81. The van der Waals surface area contributed by atoms with Crippen LogP contribution >= 0.6 is 0 Å². The van der Waals surface area contributed by atoms with E-state index >= 15 is 0 Å². The molecule has 0 unspecified atom stereocenters. The van der Waals surface area contributed by atoms with Gasteiger partial charge in [-0.05, 0) is 43.3 Å². The predicted molar refractivity (Wildman–Crippen MR) is 117 cm³/mol. The van der Waals surface area contributed by atoms with Gasteiger partial charge in [0.2, 0.25) is 0 Å². The molecule has 2 heterocycles. The number of benzene rings is 2. The number of likely N-dealkylation sites (tertiary alicyclic amines) is 1. The Hall–Kier alpha value is -2.73. The highest BCUT2D eigenvalue weighted by Crippen LogP contribution is 2.29. The quantitative estimate of drug-likeness (QED) is 0.728. The van der Waals surface area contributed by atoms with Crippen LogP contribution in [0, 0.1) is 0 Å². The third-order valence-corrected chi connectivity index (χ3v) is 5.66. The van der Waals surface area contributed by atoms with Crippen molar-refractivity contribution in [2.75, 3.05) is 50.9 Å². The van der Waals surface area contributed by atoms with Gasteiger partial charge in [0.25, 0.3) is 5.91 Å². The smallest absolute Gasteiger partial charge is 0.253 e. The fourth-order valence-electron chi connectivity index (χ4n) is 4.00. The van der Waals surface area contributed by atoms with Crippen molar-refractivity contribution >= 4 is 11.6 Å². The third-order valence-electron chi connectivity index (χ3n) is 5.66. The van der Waals surface area contributed by atoms with Gasteiger partial charge in [-0.15, -0.1) is 0 Å². The highest BCUT2D eigenvalue weighted by Gasteiger charge is 2.25. The molecule has 0 N–H and O–H groups in total. The van der Waals surface area contributed by atoms with E-state index in [0.717, 1.165) is 61.9 Å². The summed E-state index contributed by atoms with van der Waals surface area (Å²) >= 11 is 0. The number of carbonyl (C=O) groups excluding carboxylic acids is 1. The van der Waals surface area contributed by atoms with Crippen molar-refractivity contribution < 1.29 is 19.0 Å². The molecule has 0 aliphatic carbocycles. The molecule has 0 aromatic heterocycles. The summed E-state index contributed by atoms with van der Waals surface area (Å²) in [5, 5.41) is 0. The zero-order valence-corrected chi connectivity index (χ0v) is 17.6. The molecule has 30 heavy (non-hydrogen) atoms. The van der Waals surface area contributed by atoms with E-state index in [1.54, 1.807) is 0 Å². The number of carbonyl (C=O) groups is 1. The SMILES string of the molecule is CCOc1ccccc1OC1CCN(C(=O)c2ccc(N3CCOCC3)cc2)CC1. The summed E-state index contributed by atoms with van der Waals surface area (Å²) in [7, 11) is 0. The highest BCUT2D eigenvalue weighted by atomic mass is 16.5. The van der Waals surface area contributed by atoms with Crippen LogP contribution in [0.25, 0.3) is 0 Å². The van der Waals surface area contributed by atoms with Crippen LogP contribution in [-0.2, 0) is 4.74 Å². The molecular formula is C24H30N2O4. The Kier molecular flexibility index (Phi) is 6.74. The number of anilines is 1. The van der Waals surface area contributed by atoms with Gasteiger partial charge in [0, 0.05) is 50.3 Å². The number of rotatable bonds is 6. The highest BCUT2D eigenvalue weighted by molar-refractivity contribution is 5.94. The largest absolute Gasteiger partial charge is 0.490 e. The van der Waals surface area contributed by atoms with Crippen LogP contribution in [0.15, 0.2) is 48.5 Å². The first-order chi connectivity index (χ1) is 14.7. The van der Waals surface area contributed by atoms with Crippen LogP contribution < -0.4 is 14.4 Å². The maximum Gasteiger partial charge on any atom is 0.253 e. The normalized spacial score (nSPS) is 17.6. The Morgan fingerprint density at radius 3 is 2.30 bits per heavy atom. The Balaban J connectivity index is 1.31. The zero-order valence-electron chi connectivity index (χ0n) is 17.6. The first kappa shape index (κ1) is 20.5. The second kappa shape index (κ2) is 9.85. The summed E-state index contributed by atoms with van der Waals surface area (Å²) < 4.78 is 17.2. The van der Waals surface area contributed by atoms with Crippen molar-refractivity contribution in [2.24, 2.45) is 0 Å². The molecule has 0 saturated carbocycles. The first-order valence-corrected chi connectivity index (χ1v) is 10.8. The molecule has 2 aliphatic rings. The van der Waals surface area contributed by atoms with E-state index in [2.05, 4.69) is 4.90 Å². The standard InChI is InChI=1S/C24H30N2O4/c1-2-29-22-5-3-4-6-23(22)30-21-11-13-26(14-12-21)24(27)19-7-9-20(10-8-19)25-15-17-28-18-16-25/h3-10,21H,2,11-18H2,1H3. The van der Waals surface area contributed by atoms with Crippen LogP contribution in [0.1, 0.15) is 30.1 Å². The van der Waals surface area contributed by atoms with Gasteiger partial charge in [0.15, 0.2) is 11.5 Å². The Morgan fingerprint density at radius 1 is 0.967 bits per heavy atom. The molecule has 0 radical (unpaired) electrons. The average molecular weight is 411 g/mol. The van der Waals surface area contributed by atoms with Crippen LogP contribution in [0.3, 0.4) is 0 Å². The molecule has 2 aromatic carbocycles. The molecule has 0 bridgehead atoms. The van der Waals surface area contributed by atoms with Crippen molar-refractivity contribution in [3.8, 4) is 11.5 Å². The molecule has 6 nitrogen and oxygen atoms in total. The lowest BCUT2D eigenvalue weighted by Crippen LogP contribution is -2.41. The number of piperidine rings is 1. The fourth-order valence-corrected chi connectivity index (χ4v) is 4.00. The van der Waals surface area contributed by atoms with E-state index < -0.39 is 0 Å². The molecule has 1 amide bonds. The number of ether oxygens (including phenoxy) is 3. The monoisotopic (exact) mass is 410 g/mol. The fraction of sp³-hybridized carbons (Fsp3) is 0.458. The molecule has 2 aromatic rings. The van der Waals surface area contributed by atoms with Crippen LogP contribution in [-0.4, -0.2) is 62.9 Å². The number of para-hydroxylation sites is 2. The van der Waals surface area contributed by atoms with Gasteiger partial charge in [-0.25, -0.2) is 0 Å². The number of hydrogen-bond donors (Lipinski definition) is 0. The molecule has 2 fully saturated rings. The van der Waals surface area contributed by atoms with E-state index in [-0.39, 0.29) is 12.0 Å². The van der Waals surface area contributed by atoms with Gasteiger partial charge in [0.1, 0.15) is 6.10 Å². The molecule has 0 atom stereocenters. The van der Waals surface area contributed by atoms with Crippen molar-refractivity contribution in [3.05, 3.63) is 54.1 Å². The Labute approximate surface area is 178 Å². The lowest BCUT2D eigenvalue weighted by Gasteiger charge is -2.33. The summed E-state index contributed by atoms with van der Waals surface area (Å²) in [5.41, 5.74) is 1.89. The molecule has 2 aliphatic heterocycles. The molecule has 4 rings (SSSR count). The zero-order chi connectivity index (χ0) is 20.8. The van der Waals surface area contributed by atoms with Crippen molar-refractivity contribution in [1.29, 1.82) is 0 Å². The predicted octanol–water partition coefficient (Wildman–Crippen LogP) is 3.61. The second-order valence-electron chi connectivity index (χ2n) is 7.64. The minimum Gasteiger partial charge on any atom is -0.490 e. The van der Waals surface area contributed by atoms with E-state index in [1.807, 2.05) is 60.4 Å². The van der Waals surface area contributed by atoms with Gasteiger partial charge in [-0.2, -0.15) is 0 Å².